The van der Waals surface area contributed by atoms with Crippen LogP contribution >= 0.6 is 0 Å². The Bertz CT molecular complexity index is 969. The molecule has 0 saturated carbocycles. The van der Waals surface area contributed by atoms with Gasteiger partial charge in [0.2, 0.25) is 0 Å². The highest BCUT2D eigenvalue weighted by atomic mass is 16.5. The smallest absolute Gasteiger partial charge is 0.280 e. The molecule has 0 fully saturated rings. The van der Waals surface area contributed by atoms with Gasteiger partial charge in [0.25, 0.3) is 5.91 Å². The van der Waals surface area contributed by atoms with E-state index in [1.165, 1.54) is 0 Å². The van der Waals surface area contributed by atoms with Crippen LogP contribution in [0.5, 0.6) is 11.5 Å². The number of carbonyl (C=O) groups excluding carboxylic acids is 1. The van der Waals surface area contributed by atoms with Crippen LogP contribution in [0.2, 0.25) is 0 Å². The summed E-state index contributed by atoms with van der Waals surface area (Å²) in [5, 5.41) is 6.23. The van der Waals surface area contributed by atoms with Crippen molar-refractivity contribution in [2.75, 3.05) is 6.61 Å². The van der Waals surface area contributed by atoms with Gasteiger partial charge in [-0.2, -0.15) is 5.10 Å². The van der Waals surface area contributed by atoms with Crippen molar-refractivity contribution in [2.24, 2.45) is 5.10 Å². The molecule has 0 saturated heterocycles. The molecule has 0 aliphatic heterocycles. The zero-order chi connectivity index (χ0) is 19.8. The number of para-hydroxylation sites is 1. The number of hydrazone groups is 1. The van der Waals surface area contributed by atoms with Crippen LogP contribution in [0.25, 0.3) is 10.8 Å². The van der Waals surface area contributed by atoms with Gasteiger partial charge in [-0.1, -0.05) is 49.4 Å². The molecule has 0 unspecified atom stereocenters. The van der Waals surface area contributed by atoms with E-state index in [0.29, 0.717) is 12.4 Å². The number of carbonyl (C=O) groups is 1. The molecule has 0 radical (unpaired) electrons. The molecule has 0 aliphatic carbocycles. The highest BCUT2D eigenvalue weighted by Crippen LogP contribution is 2.21. The van der Waals surface area contributed by atoms with Gasteiger partial charge in [0.05, 0.1) is 12.8 Å². The van der Waals surface area contributed by atoms with Crippen LogP contribution < -0.4 is 14.9 Å². The third-order valence-corrected chi connectivity index (χ3v) is 4.16. The number of ether oxygens (including phenoxy) is 2. The monoisotopic (exact) mass is 376 g/mol. The van der Waals surface area contributed by atoms with Crippen molar-refractivity contribution in [1.82, 2.24) is 5.43 Å². The van der Waals surface area contributed by atoms with E-state index >= 15 is 0 Å². The maximum Gasteiger partial charge on any atom is 0.280 e. The van der Waals surface area contributed by atoms with E-state index in [9.17, 15) is 4.79 Å². The fraction of sp³-hybridized carbons (Fsp3) is 0.217. The van der Waals surface area contributed by atoms with E-state index in [1.54, 1.807) is 13.1 Å². The van der Waals surface area contributed by atoms with E-state index in [0.717, 1.165) is 28.5 Å². The molecule has 3 aromatic rings. The lowest BCUT2D eigenvalue weighted by Gasteiger charge is -2.13. The van der Waals surface area contributed by atoms with Crippen LogP contribution in [0, 0.1) is 0 Å². The first-order valence-electron chi connectivity index (χ1n) is 9.37. The first-order valence-corrected chi connectivity index (χ1v) is 9.37. The summed E-state index contributed by atoms with van der Waals surface area (Å²) in [6.07, 6.45) is 1.82. The molecular formula is C23H24N2O3. The molecule has 0 aliphatic rings. The van der Waals surface area contributed by atoms with Gasteiger partial charge in [-0.3, -0.25) is 4.79 Å². The SMILES string of the molecule is CCCOc1ccccc1/C=N\NC(=O)[C@@H](C)Oc1ccc2ccccc2c1. The predicted molar refractivity (Wildman–Crippen MR) is 112 cm³/mol. The fourth-order valence-electron chi connectivity index (χ4n) is 2.69. The standard InChI is InChI=1S/C23H24N2O3/c1-3-14-27-22-11-7-6-10-20(22)16-24-25-23(26)17(2)28-21-13-12-18-8-4-5-9-19(18)15-21/h4-13,15-17H,3,14H2,1-2H3,(H,25,26)/b24-16-/t17-/m1/s1. The zero-order valence-electron chi connectivity index (χ0n) is 16.1. The first kappa shape index (κ1) is 19.4. The highest BCUT2D eigenvalue weighted by molar-refractivity contribution is 5.87. The second-order valence-electron chi connectivity index (χ2n) is 6.39. The van der Waals surface area contributed by atoms with Gasteiger partial charge in [-0.15, -0.1) is 0 Å². The van der Waals surface area contributed by atoms with Crippen molar-refractivity contribution in [3.05, 3.63) is 72.3 Å². The molecular weight excluding hydrogens is 352 g/mol. The van der Waals surface area contributed by atoms with Crippen molar-refractivity contribution < 1.29 is 14.3 Å². The van der Waals surface area contributed by atoms with Gasteiger partial charge in [0.15, 0.2) is 6.10 Å². The van der Waals surface area contributed by atoms with E-state index in [-0.39, 0.29) is 5.91 Å². The zero-order valence-corrected chi connectivity index (χ0v) is 16.1. The summed E-state index contributed by atoms with van der Waals surface area (Å²) in [6, 6.07) is 21.3. The van der Waals surface area contributed by atoms with E-state index in [1.807, 2.05) is 73.7 Å². The molecule has 0 bridgehead atoms. The Hall–Kier alpha value is -3.34. The van der Waals surface area contributed by atoms with Crippen LogP contribution in [0.1, 0.15) is 25.8 Å². The number of nitrogens with one attached hydrogen (secondary N) is 1. The molecule has 5 heteroatoms. The summed E-state index contributed by atoms with van der Waals surface area (Å²) in [6.45, 7) is 4.38. The van der Waals surface area contributed by atoms with Gasteiger partial charge in [-0.05, 0) is 48.4 Å². The average Bonchev–Trinajstić information content (AvgIpc) is 2.72. The van der Waals surface area contributed by atoms with Crippen LogP contribution in [0.3, 0.4) is 0 Å². The van der Waals surface area contributed by atoms with Crippen molar-refractivity contribution in [2.45, 2.75) is 26.4 Å². The molecule has 144 valence electrons. The maximum atomic E-state index is 12.3. The van der Waals surface area contributed by atoms with E-state index in [4.69, 9.17) is 9.47 Å². The summed E-state index contributed by atoms with van der Waals surface area (Å²) < 4.78 is 11.4. The van der Waals surface area contributed by atoms with Crippen LogP contribution in [0.15, 0.2) is 71.8 Å². The molecule has 28 heavy (non-hydrogen) atoms. The number of fused-ring (bicyclic) bond motifs is 1. The number of hydrogen-bond donors (Lipinski definition) is 1. The van der Waals surface area contributed by atoms with Gasteiger partial charge in [0.1, 0.15) is 11.5 Å². The number of hydrogen-bond acceptors (Lipinski definition) is 4. The lowest BCUT2D eigenvalue weighted by molar-refractivity contribution is -0.127. The minimum absolute atomic E-state index is 0.323. The van der Waals surface area contributed by atoms with E-state index in [2.05, 4.69) is 10.5 Å². The largest absolute Gasteiger partial charge is 0.493 e. The second kappa shape index (κ2) is 9.55. The first-order chi connectivity index (χ1) is 13.7. The lowest BCUT2D eigenvalue weighted by Crippen LogP contribution is -2.33. The lowest BCUT2D eigenvalue weighted by atomic mass is 10.1. The topological polar surface area (TPSA) is 59.9 Å². The van der Waals surface area contributed by atoms with E-state index < -0.39 is 6.10 Å². The summed E-state index contributed by atoms with van der Waals surface area (Å²) in [5.41, 5.74) is 3.33. The number of amides is 1. The van der Waals surface area contributed by atoms with Gasteiger partial charge in [-0.25, -0.2) is 5.43 Å². The van der Waals surface area contributed by atoms with Crippen LogP contribution in [0.4, 0.5) is 0 Å². The minimum atomic E-state index is -0.676. The third kappa shape index (κ3) is 5.10. The molecule has 1 amide bonds. The molecule has 3 rings (SSSR count). The summed E-state index contributed by atoms with van der Waals surface area (Å²) >= 11 is 0. The number of nitrogens with zero attached hydrogens (tertiary/aromatic N) is 1. The predicted octanol–water partition coefficient (Wildman–Crippen LogP) is 4.55. The molecule has 1 N–H and O–H groups in total. The van der Waals surface area contributed by atoms with Crippen molar-refractivity contribution >= 4 is 22.9 Å². The Morgan fingerprint density at radius 2 is 1.82 bits per heavy atom. The quantitative estimate of drug-likeness (QED) is 0.464. The third-order valence-electron chi connectivity index (χ3n) is 4.16. The van der Waals surface area contributed by atoms with Crippen molar-refractivity contribution in [3.63, 3.8) is 0 Å². The average molecular weight is 376 g/mol. The molecule has 3 aromatic carbocycles. The Morgan fingerprint density at radius 1 is 1.07 bits per heavy atom. The minimum Gasteiger partial charge on any atom is -0.493 e. The summed E-state index contributed by atoms with van der Waals surface area (Å²) in [5.74, 6) is 1.06. The fourth-order valence-corrected chi connectivity index (χ4v) is 2.69. The Morgan fingerprint density at radius 3 is 2.64 bits per heavy atom. The molecule has 0 heterocycles. The van der Waals surface area contributed by atoms with Crippen LogP contribution in [-0.2, 0) is 4.79 Å². The normalized spacial score (nSPS) is 12.1. The Labute approximate surface area is 165 Å². The number of rotatable bonds is 8. The van der Waals surface area contributed by atoms with Gasteiger partial charge >= 0.3 is 0 Å². The highest BCUT2D eigenvalue weighted by Gasteiger charge is 2.14. The Balaban J connectivity index is 1.59. The van der Waals surface area contributed by atoms with Crippen molar-refractivity contribution in [3.8, 4) is 11.5 Å². The maximum absolute atomic E-state index is 12.3. The molecule has 5 nitrogen and oxygen atoms in total. The second-order valence-corrected chi connectivity index (χ2v) is 6.39. The van der Waals surface area contributed by atoms with Crippen molar-refractivity contribution in [1.29, 1.82) is 0 Å². The molecule has 0 spiro atoms. The molecule has 1 atom stereocenters. The molecule has 0 aromatic heterocycles. The number of benzene rings is 3. The summed E-state index contributed by atoms with van der Waals surface area (Å²) in [7, 11) is 0. The van der Waals surface area contributed by atoms with Crippen LogP contribution in [-0.4, -0.2) is 24.8 Å². The van der Waals surface area contributed by atoms with Gasteiger partial charge in [0, 0.05) is 5.56 Å². The summed E-state index contributed by atoms with van der Waals surface area (Å²) in [4.78, 5) is 12.3. The van der Waals surface area contributed by atoms with Gasteiger partial charge < -0.3 is 9.47 Å². The Kier molecular flexibility index (Phi) is 6.63.